The molecule has 5 nitrogen and oxygen atoms in total. The predicted octanol–water partition coefficient (Wildman–Crippen LogP) is 1.72. The van der Waals surface area contributed by atoms with Crippen molar-refractivity contribution in [3.63, 3.8) is 0 Å². The van der Waals surface area contributed by atoms with Crippen LogP contribution in [0.25, 0.3) is 0 Å². The Labute approximate surface area is 101 Å². The number of nitrogens with zero attached hydrogens (tertiary/aromatic N) is 1. The number of rotatable bonds is 1. The van der Waals surface area contributed by atoms with Gasteiger partial charge in [0.25, 0.3) is 0 Å². The largest absolute Gasteiger partial charge is 0.456 e. The highest BCUT2D eigenvalue weighted by Gasteiger charge is 2.26. The lowest BCUT2D eigenvalue weighted by atomic mass is 10.2. The van der Waals surface area contributed by atoms with Gasteiger partial charge in [-0.3, -0.25) is 4.79 Å². The SMILES string of the molecule is CC(=O)O[C@@H]1C=CCN(C(=O)OC(C)(C)C)C1. The molecule has 0 N–H and O–H groups in total. The fourth-order valence-electron chi connectivity index (χ4n) is 1.46. The molecule has 17 heavy (non-hydrogen) atoms. The molecule has 5 heteroatoms. The van der Waals surface area contributed by atoms with E-state index < -0.39 is 5.60 Å². The zero-order chi connectivity index (χ0) is 13.1. The third-order valence-electron chi connectivity index (χ3n) is 2.05. The van der Waals surface area contributed by atoms with Gasteiger partial charge in [-0.15, -0.1) is 0 Å². The van der Waals surface area contributed by atoms with Gasteiger partial charge in [0, 0.05) is 13.5 Å². The van der Waals surface area contributed by atoms with Crippen LogP contribution in [0.3, 0.4) is 0 Å². The lowest BCUT2D eigenvalue weighted by Crippen LogP contribution is -2.43. The van der Waals surface area contributed by atoms with E-state index in [1.807, 2.05) is 20.8 Å². The molecular formula is C12H19NO4. The molecule has 0 aromatic rings. The highest BCUT2D eigenvalue weighted by atomic mass is 16.6. The molecule has 0 bridgehead atoms. The summed E-state index contributed by atoms with van der Waals surface area (Å²) in [6.45, 7) is 7.61. The smallest absolute Gasteiger partial charge is 0.410 e. The summed E-state index contributed by atoms with van der Waals surface area (Å²) in [6.07, 6.45) is 2.80. The van der Waals surface area contributed by atoms with Gasteiger partial charge < -0.3 is 14.4 Å². The van der Waals surface area contributed by atoms with Crippen molar-refractivity contribution >= 4 is 12.1 Å². The minimum atomic E-state index is -0.519. The van der Waals surface area contributed by atoms with Gasteiger partial charge >= 0.3 is 12.1 Å². The lowest BCUT2D eigenvalue weighted by molar-refractivity contribution is -0.145. The Morgan fingerprint density at radius 3 is 2.53 bits per heavy atom. The number of carbonyl (C=O) groups excluding carboxylic acids is 2. The Kier molecular flexibility index (Phi) is 4.15. The van der Waals surface area contributed by atoms with E-state index in [1.165, 1.54) is 11.8 Å². The lowest BCUT2D eigenvalue weighted by Gasteiger charge is -2.30. The summed E-state index contributed by atoms with van der Waals surface area (Å²) < 4.78 is 10.3. The average Bonchev–Trinajstić information content (AvgIpc) is 2.14. The third kappa shape index (κ3) is 4.89. The second-order valence-electron chi connectivity index (χ2n) is 4.96. The van der Waals surface area contributed by atoms with Crippen molar-refractivity contribution in [3.8, 4) is 0 Å². The average molecular weight is 241 g/mol. The van der Waals surface area contributed by atoms with E-state index in [-0.39, 0.29) is 18.2 Å². The molecule has 1 amide bonds. The van der Waals surface area contributed by atoms with Gasteiger partial charge in [-0.05, 0) is 26.8 Å². The molecule has 1 aliphatic rings. The van der Waals surface area contributed by atoms with E-state index in [0.717, 1.165) is 0 Å². The van der Waals surface area contributed by atoms with E-state index in [0.29, 0.717) is 13.1 Å². The molecule has 0 fully saturated rings. The molecule has 1 rings (SSSR count). The molecule has 0 aromatic carbocycles. The van der Waals surface area contributed by atoms with Gasteiger partial charge in [-0.1, -0.05) is 6.08 Å². The maximum atomic E-state index is 11.8. The first kappa shape index (κ1) is 13.5. The van der Waals surface area contributed by atoms with Gasteiger partial charge in [-0.25, -0.2) is 4.79 Å². The van der Waals surface area contributed by atoms with Crippen LogP contribution in [-0.4, -0.2) is 41.8 Å². The van der Waals surface area contributed by atoms with Crippen molar-refractivity contribution in [1.29, 1.82) is 0 Å². The summed E-state index contributed by atoms with van der Waals surface area (Å²) in [4.78, 5) is 24.1. The number of hydrogen-bond acceptors (Lipinski definition) is 4. The summed E-state index contributed by atoms with van der Waals surface area (Å²) >= 11 is 0. The Balaban J connectivity index is 2.54. The number of ether oxygens (including phenoxy) is 2. The highest BCUT2D eigenvalue weighted by molar-refractivity contribution is 5.69. The number of hydrogen-bond donors (Lipinski definition) is 0. The van der Waals surface area contributed by atoms with Crippen LogP contribution in [0.4, 0.5) is 4.79 Å². The van der Waals surface area contributed by atoms with Crippen molar-refractivity contribution in [2.24, 2.45) is 0 Å². The predicted molar refractivity (Wildman–Crippen MR) is 62.5 cm³/mol. The zero-order valence-electron chi connectivity index (χ0n) is 10.7. The van der Waals surface area contributed by atoms with Crippen LogP contribution in [0, 0.1) is 0 Å². The molecule has 0 spiro atoms. The molecule has 0 unspecified atom stereocenters. The zero-order valence-corrected chi connectivity index (χ0v) is 10.7. The standard InChI is InChI=1S/C12H19NO4/c1-9(14)16-10-6-5-7-13(8-10)11(15)17-12(2,3)4/h5-6,10H,7-8H2,1-4H3/t10-/m1/s1. The molecule has 0 saturated heterocycles. The quantitative estimate of drug-likeness (QED) is 0.518. The second kappa shape index (κ2) is 5.21. The van der Waals surface area contributed by atoms with Crippen LogP contribution in [0.15, 0.2) is 12.2 Å². The molecule has 0 saturated carbocycles. The van der Waals surface area contributed by atoms with Crippen LogP contribution in [-0.2, 0) is 14.3 Å². The van der Waals surface area contributed by atoms with E-state index in [2.05, 4.69) is 0 Å². The molecule has 1 aliphatic heterocycles. The first-order valence-electron chi connectivity index (χ1n) is 5.60. The Bertz CT molecular complexity index is 330. The summed E-state index contributed by atoms with van der Waals surface area (Å²) in [7, 11) is 0. The minimum Gasteiger partial charge on any atom is -0.456 e. The van der Waals surface area contributed by atoms with Crippen molar-refractivity contribution in [3.05, 3.63) is 12.2 Å². The third-order valence-corrected chi connectivity index (χ3v) is 2.05. The van der Waals surface area contributed by atoms with Crippen molar-refractivity contribution in [1.82, 2.24) is 4.90 Å². The second-order valence-corrected chi connectivity index (χ2v) is 4.96. The normalized spacial score (nSPS) is 20.0. The van der Waals surface area contributed by atoms with Gasteiger partial charge in [0.05, 0.1) is 6.54 Å². The van der Waals surface area contributed by atoms with E-state index in [4.69, 9.17) is 9.47 Å². The van der Waals surface area contributed by atoms with Crippen molar-refractivity contribution in [2.75, 3.05) is 13.1 Å². The minimum absolute atomic E-state index is 0.338. The Morgan fingerprint density at radius 2 is 2.00 bits per heavy atom. The van der Waals surface area contributed by atoms with Gasteiger partial charge in [-0.2, -0.15) is 0 Å². The van der Waals surface area contributed by atoms with Gasteiger partial charge in [0.1, 0.15) is 11.7 Å². The van der Waals surface area contributed by atoms with Crippen LogP contribution in [0.1, 0.15) is 27.7 Å². The molecular weight excluding hydrogens is 222 g/mol. The number of amides is 1. The van der Waals surface area contributed by atoms with Gasteiger partial charge in [0.15, 0.2) is 0 Å². The number of esters is 1. The van der Waals surface area contributed by atoms with E-state index in [1.54, 1.807) is 12.2 Å². The molecule has 0 radical (unpaired) electrons. The van der Waals surface area contributed by atoms with E-state index in [9.17, 15) is 9.59 Å². The Morgan fingerprint density at radius 1 is 1.35 bits per heavy atom. The summed E-state index contributed by atoms with van der Waals surface area (Å²) in [5.74, 6) is -0.356. The summed E-state index contributed by atoms with van der Waals surface area (Å²) in [5, 5.41) is 0. The molecule has 1 atom stereocenters. The van der Waals surface area contributed by atoms with Crippen LogP contribution in [0.2, 0.25) is 0 Å². The summed E-state index contributed by atoms with van der Waals surface area (Å²) in [6, 6.07) is 0. The fourth-order valence-corrected chi connectivity index (χ4v) is 1.46. The van der Waals surface area contributed by atoms with Crippen molar-refractivity contribution in [2.45, 2.75) is 39.4 Å². The van der Waals surface area contributed by atoms with Crippen molar-refractivity contribution < 1.29 is 19.1 Å². The maximum absolute atomic E-state index is 11.8. The maximum Gasteiger partial charge on any atom is 0.410 e. The van der Waals surface area contributed by atoms with Crippen LogP contribution in [0.5, 0.6) is 0 Å². The monoisotopic (exact) mass is 241 g/mol. The molecule has 0 aromatic heterocycles. The first-order valence-corrected chi connectivity index (χ1v) is 5.60. The van der Waals surface area contributed by atoms with E-state index >= 15 is 0 Å². The summed E-state index contributed by atoms with van der Waals surface area (Å²) in [5.41, 5.74) is -0.519. The molecule has 0 aliphatic carbocycles. The fraction of sp³-hybridized carbons (Fsp3) is 0.667. The topological polar surface area (TPSA) is 55.8 Å². The van der Waals surface area contributed by atoms with Crippen LogP contribution >= 0.6 is 0 Å². The van der Waals surface area contributed by atoms with Crippen LogP contribution < -0.4 is 0 Å². The first-order chi connectivity index (χ1) is 7.78. The number of carbonyl (C=O) groups is 2. The molecule has 96 valence electrons. The Hall–Kier alpha value is -1.52. The molecule has 1 heterocycles. The highest BCUT2D eigenvalue weighted by Crippen LogP contribution is 2.13. The van der Waals surface area contributed by atoms with Gasteiger partial charge in [0.2, 0.25) is 0 Å².